The maximum Gasteiger partial charge on any atom is 0.308 e. The highest BCUT2D eigenvalue weighted by Crippen LogP contribution is 2.28. The van der Waals surface area contributed by atoms with Crippen molar-refractivity contribution in [3.63, 3.8) is 0 Å². The first kappa shape index (κ1) is 18.0. The van der Waals surface area contributed by atoms with Crippen LogP contribution in [0.5, 0.6) is 11.5 Å². The van der Waals surface area contributed by atoms with Crippen LogP contribution in [0, 0.1) is 0 Å². The predicted octanol–water partition coefficient (Wildman–Crippen LogP) is 4.89. The topological polar surface area (TPSA) is 35.5 Å². The fraction of sp³-hybridized carbons (Fsp3) is 0.278. The molecule has 0 heterocycles. The molecule has 0 spiro atoms. The second-order valence-electron chi connectivity index (χ2n) is 5.09. The van der Waals surface area contributed by atoms with Crippen LogP contribution < -0.4 is 9.47 Å². The van der Waals surface area contributed by atoms with Gasteiger partial charge >= 0.3 is 5.97 Å². The minimum Gasteiger partial charge on any atom is -0.489 e. The molecule has 0 saturated heterocycles. The van der Waals surface area contributed by atoms with Crippen LogP contribution in [-0.4, -0.2) is 16.1 Å². The monoisotopic (exact) mass is 440 g/mol. The van der Waals surface area contributed by atoms with Gasteiger partial charge in [0.15, 0.2) is 0 Å². The van der Waals surface area contributed by atoms with Gasteiger partial charge in [-0.1, -0.05) is 62.2 Å². The number of carbonyl (C=O) groups excluding carboxylic acids is 1. The van der Waals surface area contributed by atoms with Crippen LogP contribution in [-0.2, 0) is 17.8 Å². The van der Waals surface area contributed by atoms with Crippen molar-refractivity contribution in [2.75, 3.05) is 5.33 Å². The summed E-state index contributed by atoms with van der Waals surface area (Å²) >= 11 is 7.03. The molecule has 122 valence electrons. The first-order valence-electron chi connectivity index (χ1n) is 7.26. The summed E-state index contributed by atoms with van der Waals surface area (Å²) in [4.78, 5) is 11.5. The molecule has 0 bridgehead atoms. The minimum absolute atomic E-state index is 0.251. The van der Waals surface area contributed by atoms with Gasteiger partial charge in [-0.15, -0.1) is 0 Å². The number of alkyl halides is 2. The molecule has 0 fully saturated rings. The lowest BCUT2D eigenvalue weighted by Gasteiger charge is -2.14. The second kappa shape index (κ2) is 9.08. The largest absolute Gasteiger partial charge is 0.489 e. The predicted molar refractivity (Wildman–Crippen MR) is 98.7 cm³/mol. The third-order valence-corrected chi connectivity index (χ3v) is 5.44. The van der Waals surface area contributed by atoms with Crippen molar-refractivity contribution in [1.82, 2.24) is 0 Å². The lowest BCUT2D eigenvalue weighted by Crippen LogP contribution is -2.09. The van der Waals surface area contributed by atoms with Gasteiger partial charge in [-0.3, -0.25) is 4.79 Å². The number of hydrogen-bond donors (Lipinski definition) is 0. The van der Waals surface area contributed by atoms with E-state index in [1.165, 1.54) is 6.92 Å². The standard InChI is InChI=1S/C18H18Br2O3/c1-13(21)23-18-8-7-17(10-15(18)9-16(20)11-19)22-12-14-5-3-2-4-6-14/h2-8,10,16H,9,11-12H2,1H3. The van der Waals surface area contributed by atoms with Gasteiger partial charge in [0.1, 0.15) is 18.1 Å². The molecule has 0 N–H and O–H groups in total. The summed E-state index contributed by atoms with van der Waals surface area (Å²) in [6.07, 6.45) is 0.733. The number of hydrogen-bond acceptors (Lipinski definition) is 3. The summed E-state index contributed by atoms with van der Waals surface area (Å²) in [5, 5.41) is 0.807. The zero-order valence-electron chi connectivity index (χ0n) is 12.8. The Kier molecular flexibility index (Phi) is 7.12. The third-order valence-electron chi connectivity index (χ3n) is 3.14. The molecule has 0 aliphatic rings. The molecule has 0 aliphatic carbocycles. The first-order valence-corrected chi connectivity index (χ1v) is 9.30. The number of carbonyl (C=O) groups is 1. The van der Waals surface area contributed by atoms with Crippen molar-refractivity contribution in [2.24, 2.45) is 0 Å². The third kappa shape index (κ3) is 5.99. The summed E-state index contributed by atoms with van der Waals surface area (Å²) in [6.45, 7) is 1.91. The Balaban J connectivity index is 2.14. The Labute approximate surface area is 153 Å². The number of halogens is 2. The van der Waals surface area contributed by atoms with Gasteiger partial charge < -0.3 is 9.47 Å². The molecule has 0 amide bonds. The lowest BCUT2D eigenvalue weighted by molar-refractivity contribution is -0.131. The highest BCUT2D eigenvalue weighted by Gasteiger charge is 2.12. The number of esters is 1. The molecular weight excluding hydrogens is 424 g/mol. The maximum atomic E-state index is 11.2. The van der Waals surface area contributed by atoms with E-state index in [-0.39, 0.29) is 10.8 Å². The van der Waals surface area contributed by atoms with E-state index in [4.69, 9.17) is 9.47 Å². The van der Waals surface area contributed by atoms with Gasteiger partial charge in [-0.25, -0.2) is 0 Å². The van der Waals surface area contributed by atoms with Crippen LogP contribution >= 0.6 is 31.9 Å². The Morgan fingerprint density at radius 1 is 1.17 bits per heavy atom. The Hall–Kier alpha value is -1.33. The van der Waals surface area contributed by atoms with Gasteiger partial charge in [0.25, 0.3) is 0 Å². The highest BCUT2D eigenvalue weighted by atomic mass is 79.9. The Bertz CT molecular complexity index is 644. The number of ether oxygens (including phenoxy) is 2. The van der Waals surface area contributed by atoms with Gasteiger partial charge in [0.2, 0.25) is 0 Å². The highest BCUT2D eigenvalue weighted by molar-refractivity contribution is 9.12. The van der Waals surface area contributed by atoms with Crippen molar-refractivity contribution < 1.29 is 14.3 Å². The fourth-order valence-electron chi connectivity index (χ4n) is 2.09. The van der Waals surface area contributed by atoms with E-state index in [0.29, 0.717) is 12.4 Å². The molecule has 1 unspecified atom stereocenters. The molecule has 23 heavy (non-hydrogen) atoms. The Morgan fingerprint density at radius 3 is 2.57 bits per heavy atom. The van der Waals surface area contributed by atoms with Crippen molar-refractivity contribution in [2.45, 2.75) is 24.8 Å². The molecular formula is C18H18Br2O3. The van der Waals surface area contributed by atoms with Crippen molar-refractivity contribution >= 4 is 37.8 Å². The van der Waals surface area contributed by atoms with Crippen molar-refractivity contribution in [3.8, 4) is 11.5 Å². The van der Waals surface area contributed by atoms with E-state index in [9.17, 15) is 4.79 Å². The molecule has 5 heteroatoms. The van der Waals surface area contributed by atoms with Gasteiger partial charge in [-0.05, 0) is 35.7 Å². The molecule has 2 aromatic carbocycles. The summed E-state index contributed by atoms with van der Waals surface area (Å²) in [6, 6.07) is 15.5. The Morgan fingerprint density at radius 2 is 1.91 bits per heavy atom. The SMILES string of the molecule is CC(=O)Oc1ccc(OCc2ccccc2)cc1CC(Br)CBr. The zero-order chi connectivity index (χ0) is 16.7. The minimum atomic E-state index is -0.325. The average molecular weight is 442 g/mol. The van der Waals surface area contributed by atoms with E-state index in [1.807, 2.05) is 42.5 Å². The molecule has 0 aromatic heterocycles. The van der Waals surface area contributed by atoms with E-state index < -0.39 is 0 Å². The maximum absolute atomic E-state index is 11.2. The van der Waals surface area contributed by atoms with Crippen LogP contribution in [0.15, 0.2) is 48.5 Å². The molecule has 0 aliphatic heterocycles. The smallest absolute Gasteiger partial charge is 0.308 e. The van der Waals surface area contributed by atoms with Gasteiger partial charge in [-0.2, -0.15) is 0 Å². The normalized spacial score (nSPS) is 11.8. The molecule has 3 nitrogen and oxygen atoms in total. The average Bonchev–Trinajstić information content (AvgIpc) is 2.55. The van der Waals surface area contributed by atoms with Gasteiger partial charge in [0, 0.05) is 17.1 Å². The van der Waals surface area contributed by atoms with Crippen LogP contribution in [0.25, 0.3) is 0 Å². The summed E-state index contributed by atoms with van der Waals surface area (Å²) in [5.74, 6) is 1.01. The van der Waals surface area contributed by atoms with E-state index in [0.717, 1.165) is 28.6 Å². The second-order valence-corrected chi connectivity index (χ2v) is 7.04. The lowest BCUT2D eigenvalue weighted by atomic mass is 10.1. The van der Waals surface area contributed by atoms with Crippen molar-refractivity contribution in [3.05, 3.63) is 59.7 Å². The molecule has 2 rings (SSSR count). The summed E-state index contributed by atoms with van der Waals surface area (Å²) < 4.78 is 11.1. The quantitative estimate of drug-likeness (QED) is 0.348. The number of rotatable bonds is 7. The van der Waals surface area contributed by atoms with E-state index >= 15 is 0 Å². The zero-order valence-corrected chi connectivity index (χ0v) is 16.0. The van der Waals surface area contributed by atoms with Crippen molar-refractivity contribution in [1.29, 1.82) is 0 Å². The summed E-state index contributed by atoms with van der Waals surface area (Å²) in [5.41, 5.74) is 2.05. The van der Waals surface area contributed by atoms with Crippen LogP contribution in [0.3, 0.4) is 0 Å². The summed E-state index contributed by atoms with van der Waals surface area (Å²) in [7, 11) is 0. The molecule has 0 radical (unpaired) electrons. The fourth-order valence-corrected chi connectivity index (χ4v) is 2.67. The van der Waals surface area contributed by atoms with Gasteiger partial charge in [0.05, 0.1) is 0 Å². The van der Waals surface area contributed by atoms with Crippen LogP contribution in [0.1, 0.15) is 18.1 Å². The molecule has 1 atom stereocenters. The first-order chi connectivity index (χ1) is 11.1. The molecule has 2 aromatic rings. The van der Waals surface area contributed by atoms with Crippen LogP contribution in [0.2, 0.25) is 0 Å². The van der Waals surface area contributed by atoms with Crippen LogP contribution in [0.4, 0.5) is 0 Å². The van der Waals surface area contributed by atoms with E-state index in [1.54, 1.807) is 6.07 Å². The van der Waals surface area contributed by atoms with E-state index in [2.05, 4.69) is 31.9 Å². The number of benzene rings is 2. The molecule has 0 saturated carbocycles.